The van der Waals surface area contributed by atoms with Crippen molar-refractivity contribution in [2.45, 2.75) is 77.9 Å². The Bertz CT molecular complexity index is 1590. The maximum atomic E-state index is 14.2. The third kappa shape index (κ3) is 6.01. The molecule has 1 N–H and O–H groups in total. The zero-order valence-electron chi connectivity index (χ0n) is 23.8. The minimum Gasteiger partial charge on any atom is -0.299 e. The molecule has 1 aromatic carbocycles. The van der Waals surface area contributed by atoms with E-state index in [2.05, 4.69) is 28.9 Å². The summed E-state index contributed by atoms with van der Waals surface area (Å²) in [6.07, 6.45) is 8.83. The number of benzene rings is 1. The predicted octanol–water partition coefficient (Wildman–Crippen LogP) is 6.72. The Kier molecular flexibility index (Phi) is 7.34. The van der Waals surface area contributed by atoms with Crippen molar-refractivity contribution >= 4 is 5.52 Å². The van der Waals surface area contributed by atoms with Crippen LogP contribution in [0.2, 0.25) is 0 Å². The van der Waals surface area contributed by atoms with Crippen LogP contribution < -0.4 is 5.69 Å². The molecule has 41 heavy (non-hydrogen) atoms. The van der Waals surface area contributed by atoms with E-state index in [1.54, 1.807) is 12.3 Å². The molecule has 6 rings (SSSR count). The number of alkyl halides is 3. The molecule has 1 saturated carbocycles. The Morgan fingerprint density at radius 3 is 2.61 bits per heavy atom. The van der Waals surface area contributed by atoms with Crippen LogP contribution in [0.3, 0.4) is 0 Å². The first-order chi connectivity index (χ1) is 19.6. The maximum absolute atomic E-state index is 14.2. The van der Waals surface area contributed by atoms with Gasteiger partial charge in [-0.15, -0.1) is 0 Å². The van der Waals surface area contributed by atoms with Gasteiger partial charge in [0.25, 0.3) is 0 Å². The first-order valence-electron chi connectivity index (χ1n) is 14.7. The normalized spacial score (nSPS) is 19.2. The van der Waals surface area contributed by atoms with Crippen LogP contribution in [0.15, 0.2) is 53.7 Å². The minimum atomic E-state index is -4.57. The summed E-state index contributed by atoms with van der Waals surface area (Å²) in [5.74, 6) is 0.515. The number of halogens is 3. The summed E-state index contributed by atoms with van der Waals surface area (Å²) < 4.78 is 45.1. The molecule has 218 valence electrons. The zero-order valence-corrected chi connectivity index (χ0v) is 23.8. The van der Waals surface area contributed by atoms with E-state index in [0.29, 0.717) is 29.1 Å². The molecule has 1 aliphatic carbocycles. The number of pyridine rings is 1. The van der Waals surface area contributed by atoms with E-state index in [4.69, 9.17) is 0 Å². The molecule has 3 aromatic heterocycles. The van der Waals surface area contributed by atoms with E-state index in [-0.39, 0.29) is 5.52 Å². The number of piperidine rings is 1. The molecule has 2 aliphatic rings. The summed E-state index contributed by atoms with van der Waals surface area (Å²) in [5, 5.41) is 7.23. The first-order valence-corrected chi connectivity index (χ1v) is 14.7. The van der Waals surface area contributed by atoms with Crippen molar-refractivity contribution in [1.82, 2.24) is 24.1 Å². The van der Waals surface area contributed by atoms with Crippen LogP contribution in [0, 0.1) is 18.3 Å². The van der Waals surface area contributed by atoms with E-state index in [0.717, 1.165) is 57.2 Å². The molecule has 1 atom stereocenters. The maximum Gasteiger partial charge on any atom is 0.418 e. The van der Waals surface area contributed by atoms with Crippen molar-refractivity contribution in [2.75, 3.05) is 13.1 Å². The standard InChI is InChI=1S/C32H38F3N5O/c1-22-5-4-14-38(18-22)19-25-16-27(32(33,34)35)29-21-39(30(41)40(29)20-25)26-7-3-6-24(15-26)8-10-31(12-13-31)11-9-28-23(2)17-36-37-28/h3,6-7,15-17,20-22H,4-5,8-14,18-19H2,1-2H3,(H,36,37)/t22-/m0/s1. The van der Waals surface area contributed by atoms with E-state index in [9.17, 15) is 18.0 Å². The minimum absolute atomic E-state index is 0.116. The van der Waals surface area contributed by atoms with Gasteiger partial charge in [-0.1, -0.05) is 19.1 Å². The Hall–Kier alpha value is -3.33. The molecule has 0 spiro atoms. The number of likely N-dealkylation sites (tertiary alicyclic amines) is 1. The number of hydrogen-bond acceptors (Lipinski definition) is 3. The second-order valence-corrected chi connectivity index (χ2v) is 12.5. The van der Waals surface area contributed by atoms with Gasteiger partial charge in [-0.25, -0.2) is 4.79 Å². The highest BCUT2D eigenvalue weighted by atomic mass is 19.4. The van der Waals surface area contributed by atoms with Crippen LogP contribution in [0.5, 0.6) is 0 Å². The van der Waals surface area contributed by atoms with Crippen LogP contribution in [0.25, 0.3) is 11.2 Å². The lowest BCUT2D eigenvalue weighted by atomic mass is 9.91. The number of aryl methyl sites for hydroxylation is 3. The van der Waals surface area contributed by atoms with Gasteiger partial charge in [0.2, 0.25) is 0 Å². The molecular formula is C32H38F3N5O. The van der Waals surface area contributed by atoms with Gasteiger partial charge in [-0.05, 0) is 111 Å². The average Bonchev–Trinajstić information content (AvgIpc) is 3.47. The quantitative estimate of drug-likeness (QED) is 0.245. The predicted molar refractivity (Wildman–Crippen MR) is 153 cm³/mol. The number of aromatic amines is 1. The van der Waals surface area contributed by atoms with Crippen LogP contribution >= 0.6 is 0 Å². The van der Waals surface area contributed by atoms with Crippen molar-refractivity contribution in [3.63, 3.8) is 0 Å². The molecule has 2 fully saturated rings. The Morgan fingerprint density at radius 1 is 1.10 bits per heavy atom. The van der Waals surface area contributed by atoms with Crippen molar-refractivity contribution < 1.29 is 13.2 Å². The van der Waals surface area contributed by atoms with Gasteiger partial charge < -0.3 is 0 Å². The first kappa shape index (κ1) is 27.8. The van der Waals surface area contributed by atoms with Gasteiger partial charge in [0.1, 0.15) is 0 Å². The van der Waals surface area contributed by atoms with Crippen molar-refractivity contribution in [3.05, 3.63) is 87.4 Å². The molecule has 9 heteroatoms. The topological polar surface area (TPSA) is 58.3 Å². The Morgan fingerprint density at radius 2 is 1.90 bits per heavy atom. The van der Waals surface area contributed by atoms with Gasteiger partial charge in [-0.3, -0.25) is 19.0 Å². The average molecular weight is 566 g/mol. The number of hydrogen-bond donors (Lipinski definition) is 1. The third-order valence-electron chi connectivity index (χ3n) is 9.21. The highest BCUT2D eigenvalue weighted by Crippen LogP contribution is 2.53. The smallest absolute Gasteiger partial charge is 0.299 e. The Labute approximate surface area is 238 Å². The monoisotopic (exact) mass is 565 g/mol. The van der Waals surface area contributed by atoms with E-state index < -0.39 is 17.4 Å². The van der Waals surface area contributed by atoms with Crippen molar-refractivity contribution in [3.8, 4) is 5.69 Å². The van der Waals surface area contributed by atoms with Gasteiger partial charge in [0.05, 0.1) is 23.0 Å². The van der Waals surface area contributed by atoms with Crippen LogP contribution in [0.1, 0.15) is 73.4 Å². The second kappa shape index (κ2) is 10.8. The lowest BCUT2D eigenvalue weighted by Crippen LogP contribution is -2.34. The van der Waals surface area contributed by atoms with Crippen molar-refractivity contribution in [2.24, 2.45) is 11.3 Å². The summed E-state index contributed by atoms with van der Waals surface area (Å²) in [6, 6.07) is 8.88. The summed E-state index contributed by atoms with van der Waals surface area (Å²) in [4.78, 5) is 15.7. The molecule has 0 bridgehead atoms. The summed E-state index contributed by atoms with van der Waals surface area (Å²) >= 11 is 0. The van der Waals surface area contributed by atoms with E-state index in [1.807, 2.05) is 24.4 Å². The number of fused-ring (bicyclic) bond motifs is 1. The molecule has 0 radical (unpaired) electrons. The number of aromatic nitrogens is 4. The van der Waals surface area contributed by atoms with Gasteiger partial charge in [-0.2, -0.15) is 18.3 Å². The summed E-state index contributed by atoms with van der Waals surface area (Å²) in [5.41, 5.74) is 3.55. The SMILES string of the molecule is Cc1cn[nH]c1CCC1(CCc2cccc(-n3cc4c(C(F)(F)F)cc(CN5CCC[C@H](C)C5)cn4c3=O)c2)CC1. The third-order valence-corrected chi connectivity index (χ3v) is 9.21. The van der Waals surface area contributed by atoms with E-state index >= 15 is 0 Å². The zero-order chi connectivity index (χ0) is 28.8. The van der Waals surface area contributed by atoms with Gasteiger partial charge >= 0.3 is 11.9 Å². The fourth-order valence-corrected chi connectivity index (χ4v) is 6.52. The van der Waals surface area contributed by atoms with Gasteiger partial charge in [0.15, 0.2) is 0 Å². The van der Waals surface area contributed by atoms with Crippen LogP contribution in [-0.4, -0.2) is 37.2 Å². The number of H-pyrrole nitrogens is 1. The second-order valence-electron chi connectivity index (χ2n) is 12.5. The summed E-state index contributed by atoms with van der Waals surface area (Å²) in [7, 11) is 0. The van der Waals surface area contributed by atoms with Gasteiger partial charge in [0, 0.05) is 31.2 Å². The Balaban J connectivity index is 1.24. The molecule has 0 unspecified atom stereocenters. The number of nitrogens with one attached hydrogen (secondary N) is 1. The highest BCUT2D eigenvalue weighted by Gasteiger charge is 2.41. The summed E-state index contributed by atoms with van der Waals surface area (Å²) in [6.45, 7) is 6.35. The molecule has 4 heterocycles. The number of rotatable bonds is 9. The fraction of sp³-hybridized carbons (Fsp3) is 0.500. The number of nitrogens with zero attached hydrogens (tertiary/aromatic N) is 4. The fourth-order valence-electron chi connectivity index (χ4n) is 6.52. The molecule has 6 nitrogen and oxygen atoms in total. The molecular weight excluding hydrogens is 527 g/mol. The lowest BCUT2D eigenvalue weighted by molar-refractivity contribution is -0.136. The molecule has 1 saturated heterocycles. The lowest BCUT2D eigenvalue weighted by Gasteiger charge is -2.31. The van der Waals surface area contributed by atoms with Crippen LogP contribution in [-0.2, 0) is 25.6 Å². The van der Waals surface area contributed by atoms with Crippen molar-refractivity contribution in [1.29, 1.82) is 0 Å². The molecule has 4 aromatic rings. The highest BCUT2D eigenvalue weighted by molar-refractivity contribution is 5.58. The largest absolute Gasteiger partial charge is 0.418 e. The molecule has 1 aliphatic heterocycles. The van der Waals surface area contributed by atoms with E-state index in [1.165, 1.54) is 45.3 Å². The molecule has 0 amide bonds. The van der Waals surface area contributed by atoms with Crippen LogP contribution in [0.4, 0.5) is 13.2 Å². The number of imidazole rings is 1.